The fraction of sp³-hybridized carbons (Fsp3) is 0.0833. The molecule has 1 aromatic heterocycles. The molecule has 0 radical (unpaired) electrons. The molecule has 0 atom stereocenters. The number of hydrazine groups is 1. The number of benzene rings is 1. The molecule has 3 nitrogen and oxygen atoms in total. The van der Waals surface area contributed by atoms with Gasteiger partial charge in [-0.3, -0.25) is 0 Å². The van der Waals surface area contributed by atoms with E-state index in [4.69, 9.17) is 5.84 Å². The first kappa shape index (κ1) is 11.0. The SMILES string of the molecule is NNc1cc(CSc2ccccc2)ccn1. The van der Waals surface area contributed by atoms with Crippen molar-refractivity contribution in [2.45, 2.75) is 10.6 Å². The summed E-state index contributed by atoms with van der Waals surface area (Å²) < 4.78 is 0. The van der Waals surface area contributed by atoms with E-state index in [2.05, 4.69) is 22.5 Å². The normalized spacial score (nSPS) is 10.1. The fourth-order valence-electron chi connectivity index (χ4n) is 1.33. The lowest BCUT2D eigenvalue weighted by Gasteiger charge is -2.03. The lowest BCUT2D eigenvalue weighted by molar-refractivity contribution is 1.20. The van der Waals surface area contributed by atoms with Gasteiger partial charge in [0.25, 0.3) is 0 Å². The number of rotatable bonds is 4. The van der Waals surface area contributed by atoms with Gasteiger partial charge in [0.1, 0.15) is 5.82 Å². The van der Waals surface area contributed by atoms with E-state index in [1.807, 2.05) is 30.3 Å². The molecule has 0 unspecified atom stereocenters. The molecule has 4 heteroatoms. The third kappa shape index (κ3) is 2.98. The molecule has 16 heavy (non-hydrogen) atoms. The largest absolute Gasteiger partial charge is 0.308 e. The zero-order valence-corrected chi connectivity index (χ0v) is 9.58. The summed E-state index contributed by atoms with van der Waals surface area (Å²) in [4.78, 5) is 5.33. The number of nitrogens with zero attached hydrogens (tertiary/aromatic N) is 1. The van der Waals surface area contributed by atoms with Crippen LogP contribution < -0.4 is 11.3 Å². The van der Waals surface area contributed by atoms with Crippen molar-refractivity contribution in [2.75, 3.05) is 5.43 Å². The molecule has 1 heterocycles. The first-order valence-corrected chi connectivity index (χ1v) is 5.96. The van der Waals surface area contributed by atoms with Crippen LogP contribution >= 0.6 is 11.8 Å². The number of aromatic nitrogens is 1. The number of pyridine rings is 1. The fourth-order valence-corrected chi connectivity index (χ4v) is 2.19. The highest BCUT2D eigenvalue weighted by molar-refractivity contribution is 7.98. The Morgan fingerprint density at radius 3 is 2.75 bits per heavy atom. The first-order valence-electron chi connectivity index (χ1n) is 4.98. The second-order valence-corrected chi connectivity index (χ2v) is 4.34. The number of hydrogen-bond donors (Lipinski definition) is 2. The molecular weight excluding hydrogens is 218 g/mol. The summed E-state index contributed by atoms with van der Waals surface area (Å²) in [7, 11) is 0. The summed E-state index contributed by atoms with van der Waals surface area (Å²) in [5.74, 6) is 6.92. The van der Waals surface area contributed by atoms with Gasteiger partial charge < -0.3 is 5.43 Å². The number of hydrogen-bond acceptors (Lipinski definition) is 4. The average molecular weight is 231 g/mol. The van der Waals surface area contributed by atoms with Crippen molar-refractivity contribution < 1.29 is 0 Å². The van der Waals surface area contributed by atoms with E-state index in [9.17, 15) is 0 Å². The highest BCUT2D eigenvalue weighted by Gasteiger charge is 1.97. The smallest absolute Gasteiger partial charge is 0.140 e. The minimum Gasteiger partial charge on any atom is -0.308 e. The quantitative estimate of drug-likeness (QED) is 0.482. The minimum atomic E-state index is 0.700. The molecule has 0 aliphatic carbocycles. The van der Waals surface area contributed by atoms with Crippen molar-refractivity contribution in [1.82, 2.24) is 4.98 Å². The van der Waals surface area contributed by atoms with Crippen LogP contribution in [0.1, 0.15) is 5.56 Å². The van der Waals surface area contributed by atoms with Gasteiger partial charge in [-0.2, -0.15) is 0 Å². The number of nitrogens with one attached hydrogen (secondary N) is 1. The predicted octanol–water partition coefficient (Wildman–Crippen LogP) is 2.66. The third-order valence-corrected chi connectivity index (χ3v) is 3.20. The first-order chi connectivity index (χ1) is 7.88. The molecule has 0 amide bonds. The van der Waals surface area contributed by atoms with Gasteiger partial charge in [-0.15, -0.1) is 11.8 Å². The van der Waals surface area contributed by atoms with E-state index in [1.54, 1.807) is 18.0 Å². The van der Waals surface area contributed by atoms with Gasteiger partial charge in [0.05, 0.1) is 0 Å². The second-order valence-electron chi connectivity index (χ2n) is 3.30. The third-order valence-electron chi connectivity index (χ3n) is 2.12. The topological polar surface area (TPSA) is 50.9 Å². The number of nitrogen functional groups attached to an aromatic ring is 1. The van der Waals surface area contributed by atoms with Crippen LogP contribution in [0.2, 0.25) is 0 Å². The van der Waals surface area contributed by atoms with E-state index >= 15 is 0 Å². The summed E-state index contributed by atoms with van der Waals surface area (Å²) in [6.07, 6.45) is 1.76. The average Bonchev–Trinajstić information content (AvgIpc) is 2.38. The van der Waals surface area contributed by atoms with Crippen molar-refractivity contribution in [2.24, 2.45) is 5.84 Å². The van der Waals surface area contributed by atoms with Gasteiger partial charge in [0.2, 0.25) is 0 Å². The second kappa shape index (κ2) is 5.53. The molecule has 0 spiro atoms. The Morgan fingerprint density at radius 1 is 1.19 bits per heavy atom. The van der Waals surface area contributed by atoms with Crippen LogP contribution in [-0.4, -0.2) is 4.98 Å². The van der Waals surface area contributed by atoms with Gasteiger partial charge >= 0.3 is 0 Å². The molecular formula is C12H13N3S. The Hall–Kier alpha value is -1.52. The Kier molecular flexibility index (Phi) is 3.80. The highest BCUT2D eigenvalue weighted by atomic mass is 32.2. The molecule has 0 aliphatic rings. The van der Waals surface area contributed by atoms with E-state index in [-0.39, 0.29) is 0 Å². The monoisotopic (exact) mass is 231 g/mol. The van der Waals surface area contributed by atoms with Gasteiger partial charge in [0, 0.05) is 16.8 Å². The summed E-state index contributed by atoms with van der Waals surface area (Å²) in [5, 5.41) is 0. The van der Waals surface area contributed by atoms with Crippen molar-refractivity contribution in [1.29, 1.82) is 0 Å². The van der Waals surface area contributed by atoms with E-state index in [1.165, 1.54) is 10.5 Å². The predicted molar refractivity (Wildman–Crippen MR) is 68.1 cm³/mol. The molecule has 0 saturated carbocycles. The minimum absolute atomic E-state index is 0.700. The molecule has 82 valence electrons. The van der Waals surface area contributed by atoms with Crippen molar-refractivity contribution >= 4 is 17.6 Å². The molecule has 0 aliphatic heterocycles. The van der Waals surface area contributed by atoms with Gasteiger partial charge in [-0.05, 0) is 29.8 Å². The number of nitrogens with two attached hydrogens (primary N) is 1. The molecule has 0 saturated heterocycles. The molecule has 0 fully saturated rings. The van der Waals surface area contributed by atoms with Crippen molar-refractivity contribution in [3.8, 4) is 0 Å². The Labute approximate surface area is 99.1 Å². The molecule has 3 N–H and O–H groups in total. The standard InChI is InChI=1S/C12H13N3S/c13-15-12-8-10(6-7-14-12)9-16-11-4-2-1-3-5-11/h1-8H,9,13H2,(H,14,15). The van der Waals surface area contributed by atoms with Gasteiger partial charge in [-0.25, -0.2) is 10.8 Å². The number of thioether (sulfide) groups is 1. The van der Waals surface area contributed by atoms with Crippen LogP contribution in [0.3, 0.4) is 0 Å². The van der Waals surface area contributed by atoms with Gasteiger partial charge in [0.15, 0.2) is 0 Å². The lowest BCUT2D eigenvalue weighted by Crippen LogP contribution is -2.08. The maximum atomic E-state index is 5.31. The maximum Gasteiger partial charge on any atom is 0.140 e. The van der Waals surface area contributed by atoms with Crippen LogP contribution in [0, 0.1) is 0 Å². The van der Waals surface area contributed by atoms with E-state index < -0.39 is 0 Å². The summed E-state index contributed by atoms with van der Waals surface area (Å²) in [5.41, 5.74) is 3.75. The molecule has 2 rings (SSSR count). The van der Waals surface area contributed by atoms with Crippen LogP contribution in [0.15, 0.2) is 53.6 Å². The van der Waals surface area contributed by atoms with Gasteiger partial charge in [-0.1, -0.05) is 18.2 Å². The van der Waals surface area contributed by atoms with Crippen molar-refractivity contribution in [3.63, 3.8) is 0 Å². The maximum absolute atomic E-state index is 5.31. The van der Waals surface area contributed by atoms with Crippen LogP contribution in [0.4, 0.5) is 5.82 Å². The summed E-state index contributed by atoms with van der Waals surface area (Å²) in [6.45, 7) is 0. The molecule has 0 bridgehead atoms. The lowest BCUT2D eigenvalue weighted by atomic mass is 10.3. The Morgan fingerprint density at radius 2 is 2.00 bits per heavy atom. The molecule has 1 aromatic carbocycles. The van der Waals surface area contributed by atoms with E-state index in [0.717, 1.165) is 5.75 Å². The summed E-state index contributed by atoms with van der Waals surface area (Å²) in [6, 6.07) is 14.3. The van der Waals surface area contributed by atoms with Crippen LogP contribution in [0.25, 0.3) is 0 Å². The Balaban J connectivity index is 1.99. The highest BCUT2D eigenvalue weighted by Crippen LogP contribution is 2.22. The molecule has 2 aromatic rings. The van der Waals surface area contributed by atoms with E-state index in [0.29, 0.717) is 5.82 Å². The zero-order chi connectivity index (χ0) is 11.2. The Bertz CT molecular complexity index is 445. The number of anilines is 1. The van der Waals surface area contributed by atoms with Crippen LogP contribution in [-0.2, 0) is 5.75 Å². The summed E-state index contributed by atoms with van der Waals surface area (Å²) >= 11 is 1.80. The zero-order valence-electron chi connectivity index (χ0n) is 8.76. The van der Waals surface area contributed by atoms with Crippen molar-refractivity contribution in [3.05, 3.63) is 54.2 Å². The van der Waals surface area contributed by atoms with Crippen LogP contribution in [0.5, 0.6) is 0 Å².